The third-order valence-corrected chi connectivity index (χ3v) is 4.72. The van der Waals surface area contributed by atoms with Gasteiger partial charge in [-0.2, -0.15) is 0 Å². The molecule has 0 bridgehead atoms. The molecule has 0 aromatic heterocycles. The van der Waals surface area contributed by atoms with Crippen molar-refractivity contribution in [1.82, 2.24) is 15.1 Å². The van der Waals surface area contributed by atoms with E-state index < -0.39 is 0 Å². The predicted molar refractivity (Wildman–Crippen MR) is 101 cm³/mol. The van der Waals surface area contributed by atoms with Crippen LogP contribution in [0, 0.1) is 0 Å². The lowest BCUT2D eigenvalue weighted by atomic mass is 10.1. The highest BCUT2D eigenvalue weighted by molar-refractivity contribution is 5.78. The van der Waals surface area contributed by atoms with E-state index >= 15 is 0 Å². The molecule has 0 saturated carbocycles. The van der Waals surface area contributed by atoms with Crippen LogP contribution in [-0.2, 0) is 17.8 Å². The summed E-state index contributed by atoms with van der Waals surface area (Å²) < 4.78 is 0. The van der Waals surface area contributed by atoms with Crippen LogP contribution in [0.4, 0.5) is 0 Å². The second kappa shape index (κ2) is 9.35. The zero-order valence-corrected chi connectivity index (χ0v) is 14.7. The summed E-state index contributed by atoms with van der Waals surface area (Å²) in [4.78, 5) is 16.9. The van der Waals surface area contributed by atoms with Crippen LogP contribution in [0.1, 0.15) is 11.1 Å². The first-order valence-corrected chi connectivity index (χ1v) is 9.09. The van der Waals surface area contributed by atoms with Crippen LogP contribution in [0.2, 0.25) is 0 Å². The fraction of sp³-hybridized carbons (Fsp3) is 0.381. The van der Waals surface area contributed by atoms with E-state index in [9.17, 15) is 4.79 Å². The van der Waals surface area contributed by atoms with Gasteiger partial charge in [0.05, 0.1) is 6.54 Å². The summed E-state index contributed by atoms with van der Waals surface area (Å²) in [6.07, 6.45) is 1.10. The third-order valence-electron chi connectivity index (χ3n) is 4.72. The lowest BCUT2D eigenvalue weighted by molar-refractivity contribution is -0.122. The molecule has 1 aliphatic heterocycles. The molecule has 0 unspecified atom stereocenters. The number of carbonyl (C=O) groups excluding carboxylic acids is 1. The fourth-order valence-corrected chi connectivity index (χ4v) is 3.16. The molecule has 1 aliphatic rings. The average molecular weight is 337 g/mol. The van der Waals surface area contributed by atoms with Crippen LogP contribution in [-0.4, -0.2) is 55.0 Å². The zero-order valence-electron chi connectivity index (χ0n) is 14.7. The molecular weight excluding hydrogens is 310 g/mol. The van der Waals surface area contributed by atoms with Crippen molar-refractivity contribution in [3.8, 4) is 0 Å². The van der Waals surface area contributed by atoms with Crippen LogP contribution in [0.5, 0.6) is 0 Å². The highest BCUT2D eigenvalue weighted by Crippen LogP contribution is 2.05. The van der Waals surface area contributed by atoms with Crippen molar-refractivity contribution in [2.75, 3.05) is 39.3 Å². The van der Waals surface area contributed by atoms with Gasteiger partial charge < -0.3 is 10.2 Å². The second-order valence-corrected chi connectivity index (χ2v) is 6.62. The lowest BCUT2D eigenvalue weighted by Crippen LogP contribution is -2.49. The molecular formula is C21H27N3O. The molecule has 132 valence electrons. The maximum absolute atomic E-state index is 12.1. The number of rotatable bonds is 7. The first-order valence-electron chi connectivity index (χ1n) is 9.09. The Morgan fingerprint density at radius 3 is 2.00 bits per heavy atom. The van der Waals surface area contributed by atoms with Crippen molar-refractivity contribution in [3.05, 3.63) is 71.8 Å². The molecule has 2 aromatic carbocycles. The number of piperazine rings is 1. The Morgan fingerprint density at radius 1 is 0.800 bits per heavy atom. The van der Waals surface area contributed by atoms with Gasteiger partial charge in [-0.25, -0.2) is 0 Å². The Balaban J connectivity index is 1.32. The first-order chi connectivity index (χ1) is 12.3. The summed E-state index contributed by atoms with van der Waals surface area (Å²) in [7, 11) is 0. The van der Waals surface area contributed by atoms with Gasteiger partial charge in [0.2, 0.25) is 5.91 Å². The van der Waals surface area contributed by atoms with Crippen molar-refractivity contribution in [1.29, 1.82) is 0 Å². The molecule has 25 heavy (non-hydrogen) atoms. The topological polar surface area (TPSA) is 35.6 Å². The van der Waals surface area contributed by atoms with Gasteiger partial charge in [-0.3, -0.25) is 9.69 Å². The van der Waals surface area contributed by atoms with Crippen molar-refractivity contribution in [3.63, 3.8) is 0 Å². The van der Waals surface area contributed by atoms with E-state index in [0.29, 0.717) is 13.1 Å². The molecule has 1 heterocycles. The molecule has 2 aromatic rings. The van der Waals surface area contributed by atoms with Gasteiger partial charge in [0.1, 0.15) is 0 Å². The SMILES string of the molecule is O=C(CN1CCN(CCc2ccccc2)CC1)NCc1ccccc1. The summed E-state index contributed by atoms with van der Waals surface area (Å²) in [6.45, 7) is 6.22. The first kappa shape index (κ1) is 17.6. The Kier molecular flexibility index (Phi) is 6.60. The van der Waals surface area contributed by atoms with Gasteiger partial charge in [0.15, 0.2) is 0 Å². The summed E-state index contributed by atoms with van der Waals surface area (Å²) in [5.41, 5.74) is 2.53. The Hall–Kier alpha value is -2.17. The van der Waals surface area contributed by atoms with Crippen LogP contribution in [0.25, 0.3) is 0 Å². The third kappa shape index (κ3) is 6.00. The van der Waals surface area contributed by atoms with E-state index in [4.69, 9.17) is 0 Å². The Bertz CT molecular complexity index is 637. The van der Waals surface area contributed by atoms with E-state index in [1.165, 1.54) is 5.56 Å². The molecule has 1 saturated heterocycles. The van der Waals surface area contributed by atoms with Gasteiger partial charge in [-0.15, -0.1) is 0 Å². The van der Waals surface area contributed by atoms with Gasteiger partial charge >= 0.3 is 0 Å². The van der Waals surface area contributed by atoms with Crippen molar-refractivity contribution < 1.29 is 4.79 Å². The van der Waals surface area contributed by atoms with Crippen LogP contribution >= 0.6 is 0 Å². The van der Waals surface area contributed by atoms with Gasteiger partial charge in [0.25, 0.3) is 0 Å². The summed E-state index contributed by atoms with van der Waals surface area (Å²) in [5.74, 6) is 0.113. The van der Waals surface area contributed by atoms with Gasteiger partial charge in [-0.1, -0.05) is 60.7 Å². The minimum absolute atomic E-state index is 0.113. The predicted octanol–water partition coefficient (Wildman–Crippen LogP) is 2.16. The minimum Gasteiger partial charge on any atom is -0.351 e. The van der Waals surface area contributed by atoms with E-state index in [2.05, 4.69) is 45.4 Å². The van der Waals surface area contributed by atoms with Crippen LogP contribution in [0.3, 0.4) is 0 Å². The molecule has 1 fully saturated rings. The molecule has 3 rings (SSSR count). The molecule has 1 N–H and O–H groups in total. The minimum atomic E-state index is 0.113. The molecule has 0 aliphatic carbocycles. The standard InChI is InChI=1S/C21H27N3O/c25-21(22-17-20-9-5-2-6-10-20)18-24-15-13-23(14-16-24)12-11-19-7-3-1-4-8-19/h1-10H,11-18H2,(H,22,25). The average Bonchev–Trinajstić information content (AvgIpc) is 2.67. The van der Waals surface area contributed by atoms with Crippen molar-refractivity contribution in [2.45, 2.75) is 13.0 Å². The number of amides is 1. The molecule has 4 nitrogen and oxygen atoms in total. The number of hydrogen-bond acceptors (Lipinski definition) is 3. The maximum Gasteiger partial charge on any atom is 0.234 e. The maximum atomic E-state index is 12.1. The number of benzene rings is 2. The normalized spacial score (nSPS) is 15.8. The highest BCUT2D eigenvalue weighted by atomic mass is 16.2. The molecule has 0 spiro atoms. The van der Waals surface area contributed by atoms with Crippen molar-refractivity contribution >= 4 is 5.91 Å². The van der Waals surface area contributed by atoms with E-state index in [-0.39, 0.29) is 5.91 Å². The summed E-state index contributed by atoms with van der Waals surface area (Å²) in [6, 6.07) is 20.7. The largest absolute Gasteiger partial charge is 0.351 e. The highest BCUT2D eigenvalue weighted by Gasteiger charge is 2.18. The lowest BCUT2D eigenvalue weighted by Gasteiger charge is -2.34. The van der Waals surface area contributed by atoms with E-state index in [0.717, 1.165) is 44.7 Å². The molecule has 1 amide bonds. The zero-order chi connectivity index (χ0) is 17.3. The van der Waals surface area contributed by atoms with E-state index in [1.54, 1.807) is 0 Å². The number of hydrogen-bond donors (Lipinski definition) is 1. The van der Waals surface area contributed by atoms with Crippen LogP contribution in [0.15, 0.2) is 60.7 Å². The van der Waals surface area contributed by atoms with Gasteiger partial charge in [0, 0.05) is 39.3 Å². The molecule has 0 radical (unpaired) electrons. The number of nitrogens with zero attached hydrogens (tertiary/aromatic N) is 2. The Labute approximate surface area is 150 Å². The smallest absolute Gasteiger partial charge is 0.234 e. The number of carbonyl (C=O) groups is 1. The van der Waals surface area contributed by atoms with E-state index in [1.807, 2.05) is 30.3 Å². The van der Waals surface area contributed by atoms with Gasteiger partial charge in [-0.05, 0) is 17.5 Å². The monoisotopic (exact) mass is 337 g/mol. The summed E-state index contributed by atoms with van der Waals surface area (Å²) >= 11 is 0. The fourth-order valence-electron chi connectivity index (χ4n) is 3.16. The molecule has 0 atom stereocenters. The summed E-state index contributed by atoms with van der Waals surface area (Å²) in [5, 5.41) is 3.01. The molecule has 4 heteroatoms. The number of nitrogens with one attached hydrogen (secondary N) is 1. The Morgan fingerprint density at radius 2 is 1.36 bits per heavy atom. The van der Waals surface area contributed by atoms with Crippen LogP contribution < -0.4 is 5.32 Å². The quantitative estimate of drug-likeness (QED) is 0.841. The second-order valence-electron chi connectivity index (χ2n) is 6.62. The van der Waals surface area contributed by atoms with Crippen molar-refractivity contribution in [2.24, 2.45) is 0 Å².